The highest BCUT2D eigenvalue weighted by atomic mass is 19.4. The van der Waals surface area contributed by atoms with Gasteiger partial charge in [-0.25, -0.2) is 14.6 Å². The second-order valence-corrected chi connectivity index (χ2v) is 10.7. The molecule has 6 nitrogen and oxygen atoms in total. The molecule has 0 saturated carbocycles. The van der Waals surface area contributed by atoms with Crippen molar-refractivity contribution in [1.82, 2.24) is 9.88 Å². The molecule has 0 N–H and O–H groups in total. The molecule has 2 aromatic carbocycles. The number of alkyl halides is 6. The normalized spacial score (nSPS) is 17.3. The van der Waals surface area contributed by atoms with Crippen molar-refractivity contribution in [1.29, 1.82) is 0 Å². The van der Waals surface area contributed by atoms with E-state index in [4.69, 9.17) is 9.47 Å². The maximum absolute atomic E-state index is 14.0. The average Bonchev–Trinajstić information content (AvgIpc) is 2.89. The summed E-state index contributed by atoms with van der Waals surface area (Å²) >= 11 is 0. The van der Waals surface area contributed by atoms with Gasteiger partial charge in [-0.2, -0.15) is 26.3 Å². The molecule has 0 spiro atoms. The van der Waals surface area contributed by atoms with Crippen LogP contribution in [0.2, 0.25) is 0 Å². The number of nitrogens with zero attached hydrogens (tertiary/aromatic N) is 2. The van der Waals surface area contributed by atoms with E-state index in [2.05, 4.69) is 4.98 Å². The first-order chi connectivity index (χ1) is 19.1. The summed E-state index contributed by atoms with van der Waals surface area (Å²) in [7, 11) is 0. The second kappa shape index (κ2) is 11.2. The molecule has 4 rings (SSSR count). The SMILES string of the molecule is CC(C)(C)OC(=O)N1CCCC[C@@H]1[C@H](OC(=O)c1ccccc1)c1cc(C(F)(F)F)nc2c(C(F)(F)F)cccc12. The Balaban J connectivity index is 1.96. The first-order valence-corrected chi connectivity index (χ1v) is 12.9. The summed E-state index contributed by atoms with van der Waals surface area (Å²) in [4.78, 5) is 31.1. The first-order valence-electron chi connectivity index (χ1n) is 12.9. The standard InChI is InChI=1S/C29H28F6N2O4/c1-27(2,3)41-26(39)37-15-8-7-14-21(37)24(40-25(38)17-10-5-4-6-11-17)19-16-22(29(33,34)35)36-23-18(19)12-9-13-20(23)28(30,31)32/h4-6,9-13,16,21,24H,7-8,14-15H2,1-3H3/t21-,24-/m1/s1. The van der Waals surface area contributed by atoms with Crippen LogP contribution in [0.15, 0.2) is 54.6 Å². The van der Waals surface area contributed by atoms with Gasteiger partial charge in [-0.05, 0) is 64.3 Å². The van der Waals surface area contributed by atoms with Crippen LogP contribution in [0.5, 0.6) is 0 Å². The van der Waals surface area contributed by atoms with E-state index < -0.39 is 58.9 Å². The average molecular weight is 583 g/mol. The van der Waals surface area contributed by atoms with Gasteiger partial charge < -0.3 is 14.4 Å². The van der Waals surface area contributed by atoms with Crippen molar-refractivity contribution in [2.75, 3.05) is 6.54 Å². The minimum atomic E-state index is -5.12. The van der Waals surface area contributed by atoms with E-state index in [0.29, 0.717) is 25.0 Å². The Kier molecular flexibility index (Phi) is 8.24. The largest absolute Gasteiger partial charge is 0.452 e. The summed E-state index contributed by atoms with van der Waals surface area (Å²) < 4.78 is 95.1. The number of pyridine rings is 1. The third-order valence-electron chi connectivity index (χ3n) is 6.54. The molecule has 1 aliphatic heterocycles. The Morgan fingerprint density at radius 1 is 0.927 bits per heavy atom. The lowest BCUT2D eigenvalue weighted by Crippen LogP contribution is -2.49. The van der Waals surface area contributed by atoms with Crippen LogP contribution in [-0.4, -0.2) is 40.1 Å². The molecule has 1 aliphatic rings. The molecule has 12 heteroatoms. The fraction of sp³-hybridized carbons (Fsp3) is 0.414. The van der Waals surface area contributed by atoms with Crippen molar-refractivity contribution in [3.8, 4) is 0 Å². The van der Waals surface area contributed by atoms with Crippen LogP contribution in [-0.2, 0) is 21.8 Å². The number of carbonyl (C=O) groups is 2. The Hall–Kier alpha value is -3.83. The van der Waals surface area contributed by atoms with E-state index in [1.54, 1.807) is 39.0 Å². The quantitative estimate of drug-likeness (QED) is 0.231. The highest BCUT2D eigenvalue weighted by Gasteiger charge is 2.43. The van der Waals surface area contributed by atoms with Crippen LogP contribution in [0.1, 0.15) is 73.3 Å². The van der Waals surface area contributed by atoms with Crippen molar-refractivity contribution in [3.63, 3.8) is 0 Å². The van der Waals surface area contributed by atoms with E-state index in [1.165, 1.54) is 23.1 Å². The highest BCUT2D eigenvalue weighted by Crippen LogP contribution is 2.42. The van der Waals surface area contributed by atoms with E-state index in [0.717, 1.165) is 6.07 Å². The van der Waals surface area contributed by atoms with Gasteiger partial charge in [0.05, 0.1) is 22.7 Å². The lowest BCUT2D eigenvalue weighted by molar-refractivity contribution is -0.142. The van der Waals surface area contributed by atoms with E-state index in [9.17, 15) is 35.9 Å². The Morgan fingerprint density at radius 3 is 2.22 bits per heavy atom. The fourth-order valence-electron chi connectivity index (χ4n) is 4.81. The number of rotatable bonds is 4. The molecule has 2 atom stereocenters. The molecule has 3 aromatic rings. The van der Waals surface area contributed by atoms with E-state index in [1.807, 2.05) is 0 Å². The number of halogens is 6. The summed E-state index contributed by atoms with van der Waals surface area (Å²) in [5.74, 6) is -0.921. The first kappa shape index (κ1) is 30.1. The van der Waals surface area contributed by atoms with Crippen LogP contribution in [0.3, 0.4) is 0 Å². The van der Waals surface area contributed by atoms with Crippen LogP contribution < -0.4 is 0 Å². The Bertz CT molecular complexity index is 1420. The van der Waals surface area contributed by atoms with Gasteiger partial charge in [-0.15, -0.1) is 0 Å². The number of hydrogen-bond donors (Lipinski definition) is 0. The Labute approximate surface area is 232 Å². The molecule has 1 fully saturated rings. The van der Waals surface area contributed by atoms with Gasteiger partial charge in [0.25, 0.3) is 0 Å². The number of fused-ring (bicyclic) bond motifs is 1. The van der Waals surface area contributed by atoms with Crippen LogP contribution in [0, 0.1) is 0 Å². The molecular weight excluding hydrogens is 554 g/mol. The second-order valence-electron chi connectivity index (χ2n) is 10.7. The zero-order valence-electron chi connectivity index (χ0n) is 22.5. The predicted octanol–water partition coefficient (Wildman–Crippen LogP) is 7.96. The molecule has 220 valence electrons. The van der Waals surface area contributed by atoms with Gasteiger partial charge in [0.15, 0.2) is 0 Å². The van der Waals surface area contributed by atoms with Crippen molar-refractivity contribution >= 4 is 23.0 Å². The summed E-state index contributed by atoms with van der Waals surface area (Å²) in [6.45, 7) is 5.06. The molecule has 1 aromatic heterocycles. The molecule has 0 radical (unpaired) electrons. The van der Waals surface area contributed by atoms with Gasteiger partial charge in [0.1, 0.15) is 17.4 Å². The Morgan fingerprint density at radius 2 is 1.61 bits per heavy atom. The number of carbonyl (C=O) groups excluding carboxylic acids is 2. The fourth-order valence-corrected chi connectivity index (χ4v) is 4.81. The molecule has 2 heterocycles. The van der Waals surface area contributed by atoms with Crippen molar-refractivity contribution in [2.24, 2.45) is 0 Å². The maximum atomic E-state index is 14.0. The third kappa shape index (κ3) is 6.91. The number of amides is 1. The van der Waals surface area contributed by atoms with Gasteiger partial charge in [0.2, 0.25) is 0 Å². The number of piperidine rings is 1. The molecular formula is C29H28F6N2O4. The zero-order valence-corrected chi connectivity index (χ0v) is 22.5. The van der Waals surface area contributed by atoms with Gasteiger partial charge >= 0.3 is 24.4 Å². The molecule has 41 heavy (non-hydrogen) atoms. The monoisotopic (exact) mass is 582 g/mol. The number of esters is 1. The lowest BCUT2D eigenvalue weighted by atomic mass is 9.90. The molecule has 1 saturated heterocycles. The maximum Gasteiger partial charge on any atom is 0.433 e. The van der Waals surface area contributed by atoms with Crippen molar-refractivity contribution in [2.45, 2.75) is 70.1 Å². The number of benzene rings is 2. The molecule has 0 aliphatic carbocycles. The van der Waals surface area contributed by atoms with Crippen LogP contribution >= 0.6 is 0 Å². The topological polar surface area (TPSA) is 68.7 Å². The van der Waals surface area contributed by atoms with E-state index >= 15 is 0 Å². The number of likely N-dealkylation sites (tertiary alicyclic amines) is 1. The summed E-state index contributed by atoms with van der Waals surface area (Å²) in [6.07, 6.45) is -11.2. The minimum absolute atomic E-state index is 0.0718. The number of hydrogen-bond acceptors (Lipinski definition) is 5. The third-order valence-corrected chi connectivity index (χ3v) is 6.54. The highest BCUT2D eigenvalue weighted by molar-refractivity contribution is 5.91. The molecule has 1 amide bonds. The van der Waals surface area contributed by atoms with Crippen molar-refractivity contribution in [3.05, 3.63) is 77.0 Å². The van der Waals surface area contributed by atoms with E-state index in [-0.39, 0.29) is 29.5 Å². The smallest absolute Gasteiger partial charge is 0.433 e. The molecule has 0 unspecified atom stereocenters. The van der Waals surface area contributed by atoms with Gasteiger partial charge in [-0.1, -0.05) is 30.3 Å². The number of aromatic nitrogens is 1. The predicted molar refractivity (Wildman–Crippen MR) is 137 cm³/mol. The summed E-state index contributed by atoms with van der Waals surface area (Å²) in [5.41, 5.74) is -5.09. The van der Waals surface area contributed by atoms with Crippen LogP contribution in [0.25, 0.3) is 10.9 Å². The molecule has 0 bridgehead atoms. The van der Waals surface area contributed by atoms with Crippen LogP contribution in [0.4, 0.5) is 31.1 Å². The zero-order chi connectivity index (χ0) is 30.2. The van der Waals surface area contributed by atoms with Gasteiger partial charge in [-0.3, -0.25) is 0 Å². The minimum Gasteiger partial charge on any atom is -0.452 e. The summed E-state index contributed by atoms with van der Waals surface area (Å²) in [6, 6.07) is 10.0. The number of para-hydroxylation sites is 1. The van der Waals surface area contributed by atoms with Crippen molar-refractivity contribution < 1.29 is 45.4 Å². The summed E-state index contributed by atoms with van der Waals surface area (Å²) in [5, 5.41) is -0.284. The lowest BCUT2D eigenvalue weighted by Gasteiger charge is -2.40. The van der Waals surface area contributed by atoms with Gasteiger partial charge in [0, 0.05) is 17.5 Å². The number of ether oxygens (including phenoxy) is 2.